The van der Waals surface area contributed by atoms with Gasteiger partial charge in [0.1, 0.15) is 23.8 Å². The number of carbonyl (C=O) groups excluding carboxylic acids is 1. The van der Waals surface area contributed by atoms with Gasteiger partial charge in [0.15, 0.2) is 8.32 Å². The van der Waals surface area contributed by atoms with E-state index in [1.165, 1.54) is 4.90 Å². The minimum absolute atomic E-state index is 0.0666. The summed E-state index contributed by atoms with van der Waals surface area (Å²) in [7, 11) is -0.210. The van der Waals surface area contributed by atoms with E-state index in [4.69, 9.17) is 18.9 Å². The number of rotatable bonds is 8. The first-order chi connectivity index (χ1) is 17.6. The third kappa shape index (κ3) is 7.54. The average molecular weight is 538 g/mol. The second kappa shape index (κ2) is 11.4. The standard InChI is InChI=1S/C30H43N3O4Si/c1-11-23(37-38(9,10)30(5,6)7)20-35-24-14-16-25-21(18-24)12-15-26(32-25)22-13-17-27(31-19-22)33(8)28(34)36-29(2,3)4/h12-19,23H,11,20H2,1-10H3. The van der Waals surface area contributed by atoms with Crippen LogP contribution in [0.2, 0.25) is 18.1 Å². The summed E-state index contributed by atoms with van der Waals surface area (Å²) in [6.45, 7) is 19.5. The van der Waals surface area contributed by atoms with Crippen LogP contribution in [0.25, 0.3) is 22.2 Å². The highest BCUT2D eigenvalue weighted by molar-refractivity contribution is 6.74. The van der Waals surface area contributed by atoms with Crippen molar-refractivity contribution in [2.24, 2.45) is 0 Å². The summed E-state index contributed by atoms with van der Waals surface area (Å²) in [4.78, 5) is 23.0. The van der Waals surface area contributed by atoms with Gasteiger partial charge in [-0.15, -0.1) is 0 Å². The maximum Gasteiger partial charge on any atom is 0.415 e. The van der Waals surface area contributed by atoms with E-state index in [2.05, 4.69) is 45.8 Å². The molecule has 2 aromatic heterocycles. The van der Waals surface area contributed by atoms with Gasteiger partial charge in [-0.3, -0.25) is 4.90 Å². The van der Waals surface area contributed by atoms with Crippen LogP contribution >= 0.6 is 0 Å². The van der Waals surface area contributed by atoms with Crippen LogP contribution in [0.1, 0.15) is 54.9 Å². The van der Waals surface area contributed by atoms with E-state index in [0.717, 1.165) is 34.3 Å². The van der Waals surface area contributed by atoms with Crippen LogP contribution in [0.5, 0.6) is 5.75 Å². The summed E-state index contributed by atoms with van der Waals surface area (Å²) in [6.07, 6.45) is 2.24. The van der Waals surface area contributed by atoms with Crippen LogP contribution in [-0.2, 0) is 9.16 Å². The number of ether oxygens (including phenoxy) is 2. The minimum atomic E-state index is -1.86. The van der Waals surface area contributed by atoms with Crippen LogP contribution in [-0.4, -0.2) is 49.7 Å². The molecule has 0 aliphatic carbocycles. The van der Waals surface area contributed by atoms with Crippen LogP contribution < -0.4 is 9.64 Å². The average Bonchev–Trinajstić information content (AvgIpc) is 2.84. The summed E-state index contributed by atoms with van der Waals surface area (Å²) >= 11 is 0. The van der Waals surface area contributed by atoms with Gasteiger partial charge in [0.05, 0.1) is 17.3 Å². The van der Waals surface area contributed by atoms with Crippen molar-refractivity contribution in [2.75, 3.05) is 18.6 Å². The van der Waals surface area contributed by atoms with Gasteiger partial charge in [0, 0.05) is 24.2 Å². The molecule has 0 fully saturated rings. The number of fused-ring (bicyclic) bond motifs is 1. The summed E-state index contributed by atoms with van der Waals surface area (Å²) in [5.41, 5.74) is 1.97. The molecule has 8 heteroatoms. The van der Waals surface area contributed by atoms with Crippen LogP contribution in [0.3, 0.4) is 0 Å². The lowest BCUT2D eigenvalue weighted by molar-refractivity contribution is 0.0588. The molecule has 1 amide bonds. The lowest BCUT2D eigenvalue weighted by atomic mass is 10.1. The molecule has 0 saturated carbocycles. The number of anilines is 1. The molecule has 0 bridgehead atoms. The molecule has 1 unspecified atom stereocenters. The Morgan fingerprint density at radius 1 is 1.03 bits per heavy atom. The smallest absolute Gasteiger partial charge is 0.415 e. The van der Waals surface area contributed by atoms with Crippen molar-refractivity contribution in [2.45, 2.75) is 84.7 Å². The quantitative estimate of drug-likeness (QED) is 0.272. The first kappa shape index (κ1) is 29.6. The highest BCUT2D eigenvalue weighted by atomic mass is 28.4. The molecule has 206 valence electrons. The minimum Gasteiger partial charge on any atom is -0.491 e. The first-order valence-electron chi connectivity index (χ1n) is 13.2. The molecule has 0 saturated heterocycles. The van der Waals surface area contributed by atoms with Crippen molar-refractivity contribution in [3.05, 3.63) is 48.7 Å². The maximum absolute atomic E-state index is 12.3. The molecule has 1 aromatic carbocycles. The lowest BCUT2D eigenvalue weighted by Gasteiger charge is -2.39. The molecule has 38 heavy (non-hydrogen) atoms. The summed E-state index contributed by atoms with van der Waals surface area (Å²) in [5.74, 6) is 1.31. The summed E-state index contributed by atoms with van der Waals surface area (Å²) < 4.78 is 18.1. The van der Waals surface area contributed by atoms with Crippen LogP contribution in [0.15, 0.2) is 48.7 Å². The van der Waals surface area contributed by atoms with E-state index in [0.29, 0.717) is 12.4 Å². The molecular formula is C30H43N3O4Si. The third-order valence-corrected chi connectivity index (χ3v) is 11.4. The Hall–Kier alpha value is -2.97. The number of carbonyl (C=O) groups is 1. The van der Waals surface area contributed by atoms with Crippen molar-refractivity contribution in [3.8, 4) is 17.0 Å². The molecular weight excluding hydrogens is 494 g/mol. The predicted molar refractivity (Wildman–Crippen MR) is 157 cm³/mol. The zero-order chi connectivity index (χ0) is 28.3. The van der Waals surface area contributed by atoms with Crippen LogP contribution in [0.4, 0.5) is 10.6 Å². The molecule has 0 aliphatic heterocycles. The van der Waals surface area contributed by atoms with Crippen molar-refractivity contribution >= 4 is 31.1 Å². The van der Waals surface area contributed by atoms with Crippen molar-refractivity contribution in [3.63, 3.8) is 0 Å². The zero-order valence-corrected chi connectivity index (χ0v) is 25.6. The van der Waals surface area contributed by atoms with E-state index in [1.807, 2.05) is 57.2 Å². The van der Waals surface area contributed by atoms with Gasteiger partial charge in [-0.25, -0.2) is 14.8 Å². The van der Waals surface area contributed by atoms with E-state index < -0.39 is 20.0 Å². The Balaban J connectivity index is 1.69. The third-order valence-electron chi connectivity index (χ3n) is 6.87. The maximum atomic E-state index is 12.3. The molecule has 3 aromatic rings. The number of aromatic nitrogens is 2. The lowest BCUT2D eigenvalue weighted by Crippen LogP contribution is -2.45. The second-order valence-corrected chi connectivity index (χ2v) is 17.0. The summed E-state index contributed by atoms with van der Waals surface area (Å²) in [6, 6.07) is 13.6. The van der Waals surface area contributed by atoms with Gasteiger partial charge >= 0.3 is 6.09 Å². The molecule has 7 nitrogen and oxygen atoms in total. The fraction of sp³-hybridized carbons (Fsp3) is 0.500. The van der Waals surface area contributed by atoms with Crippen molar-refractivity contribution < 1.29 is 18.7 Å². The van der Waals surface area contributed by atoms with Gasteiger partial charge in [0.25, 0.3) is 0 Å². The molecule has 0 aliphatic rings. The molecule has 0 spiro atoms. The highest BCUT2D eigenvalue weighted by Gasteiger charge is 2.39. The largest absolute Gasteiger partial charge is 0.491 e. The van der Waals surface area contributed by atoms with Gasteiger partial charge in [-0.1, -0.05) is 33.8 Å². The Bertz CT molecular complexity index is 1250. The molecule has 2 heterocycles. The van der Waals surface area contributed by atoms with Gasteiger partial charge in [-0.2, -0.15) is 0 Å². The molecule has 3 rings (SSSR count). The topological polar surface area (TPSA) is 73.8 Å². The van der Waals surface area contributed by atoms with E-state index in [1.54, 1.807) is 19.3 Å². The van der Waals surface area contributed by atoms with Gasteiger partial charge in [0.2, 0.25) is 0 Å². The number of pyridine rings is 2. The molecule has 0 N–H and O–H groups in total. The normalized spacial score (nSPS) is 13.3. The molecule has 0 radical (unpaired) electrons. The second-order valence-electron chi connectivity index (χ2n) is 12.2. The van der Waals surface area contributed by atoms with E-state index >= 15 is 0 Å². The molecule has 1 atom stereocenters. The summed E-state index contributed by atoms with van der Waals surface area (Å²) in [5, 5.41) is 1.16. The number of hydrogen-bond donors (Lipinski definition) is 0. The zero-order valence-electron chi connectivity index (χ0n) is 24.6. The number of amides is 1. The Kier molecular flexibility index (Phi) is 8.88. The van der Waals surface area contributed by atoms with Gasteiger partial charge in [-0.05, 0) is 81.7 Å². The monoisotopic (exact) mass is 537 g/mol. The van der Waals surface area contributed by atoms with E-state index in [-0.39, 0.29) is 11.1 Å². The SMILES string of the molecule is CCC(COc1ccc2nc(-c3ccc(N(C)C(=O)OC(C)(C)C)nc3)ccc2c1)O[Si](C)(C)C(C)(C)C. The Morgan fingerprint density at radius 2 is 1.74 bits per heavy atom. The number of nitrogens with zero attached hydrogens (tertiary/aromatic N) is 3. The fourth-order valence-electron chi connectivity index (χ4n) is 3.53. The van der Waals surface area contributed by atoms with Gasteiger partial charge < -0.3 is 13.9 Å². The predicted octanol–water partition coefficient (Wildman–Crippen LogP) is 7.85. The number of hydrogen-bond acceptors (Lipinski definition) is 6. The van der Waals surface area contributed by atoms with Crippen molar-refractivity contribution in [1.29, 1.82) is 0 Å². The Morgan fingerprint density at radius 3 is 2.32 bits per heavy atom. The van der Waals surface area contributed by atoms with Crippen molar-refractivity contribution in [1.82, 2.24) is 9.97 Å². The Labute approximate surface area is 228 Å². The highest BCUT2D eigenvalue weighted by Crippen LogP contribution is 2.37. The van der Waals surface area contributed by atoms with E-state index in [9.17, 15) is 4.79 Å². The first-order valence-corrected chi connectivity index (χ1v) is 16.1. The fourth-order valence-corrected chi connectivity index (χ4v) is 4.95. The van der Waals surface area contributed by atoms with Crippen LogP contribution in [0, 0.1) is 0 Å². The number of benzene rings is 1.